The van der Waals surface area contributed by atoms with Crippen LogP contribution in [-0.4, -0.2) is 36.9 Å². The lowest BCUT2D eigenvalue weighted by Gasteiger charge is -2.18. The number of hydrogen-bond donors (Lipinski definition) is 1. The molecule has 3 atom stereocenters. The second kappa shape index (κ2) is 6.01. The highest BCUT2D eigenvalue weighted by Gasteiger charge is 2.14. The van der Waals surface area contributed by atoms with E-state index in [1.165, 1.54) is 0 Å². The smallest absolute Gasteiger partial charge is 0.155 e. The first-order chi connectivity index (χ1) is 9.40. The molecule has 3 unspecified atom stereocenters. The van der Waals surface area contributed by atoms with E-state index in [1.54, 1.807) is 6.26 Å². The lowest BCUT2D eigenvalue weighted by atomic mass is 10.1. The zero-order chi connectivity index (χ0) is 14.9. The van der Waals surface area contributed by atoms with Crippen LogP contribution in [0.15, 0.2) is 12.3 Å². The quantitative estimate of drug-likeness (QED) is 0.913. The molecule has 0 radical (unpaired) electrons. The van der Waals surface area contributed by atoms with Gasteiger partial charge in [0.25, 0.3) is 0 Å². The maximum atomic E-state index is 11.4. The number of hydrogen-bond acceptors (Lipinski definition) is 4. The van der Waals surface area contributed by atoms with Crippen LogP contribution in [0.2, 0.25) is 0 Å². The third-order valence-electron chi connectivity index (χ3n) is 3.63. The van der Waals surface area contributed by atoms with Gasteiger partial charge in [0.1, 0.15) is 0 Å². The third-order valence-corrected chi connectivity index (χ3v) is 4.93. The molecule has 0 bridgehead atoms. The van der Waals surface area contributed by atoms with E-state index in [4.69, 9.17) is 0 Å². The lowest BCUT2D eigenvalue weighted by Crippen LogP contribution is -2.30. The number of rotatable bonds is 5. The molecule has 110 valence electrons. The van der Waals surface area contributed by atoms with Crippen LogP contribution < -0.4 is 5.32 Å². The highest BCUT2D eigenvalue weighted by atomic mass is 32.2. The molecule has 5 nitrogen and oxygen atoms in total. The Kier molecular flexibility index (Phi) is 4.55. The minimum absolute atomic E-state index is 0.140. The Hall–Kier alpha value is -1.27. The van der Waals surface area contributed by atoms with Crippen LogP contribution in [0, 0.1) is 13.8 Å². The summed E-state index contributed by atoms with van der Waals surface area (Å²) in [6.07, 6.45) is 3.64. The van der Waals surface area contributed by atoms with Gasteiger partial charge in [0.05, 0.1) is 5.69 Å². The van der Waals surface area contributed by atoms with Crippen LogP contribution in [0.3, 0.4) is 0 Å². The van der Waals surface area contributed by atoms with Crippen molar-refractivity contribution in [1.82, 2.24) is 19.9 Å². The molecule has 20 heavy (non-hydrogen) atoms. The van der Waals surface area contributed by atoms with E-state index in [-0.39, 0.29) is 11.3 Å². The van der Waals surface area contributed by atoms with Crippen molar-refractivity contribution in [3.8, 4) is 0 Å². The second-order valence-electron chi connectivity index (χ2n) is 5.29. The predicted octanol–water partition coefficient (Wildman–Crippen LogP) is 1.76. The monoisotopic (exact) mass is 294 g/mol. The summed E-state index contributed by atoms with van der Waals surface area (Å²) >= 11 is 0. The van der Waals surface area contributed by atoms with Crippen LogP contribution in [0.1, 0.15) is 36.8 Å². The molecule has 0 spiro atoms. The van der Waals surface area contributed by atoms with Gasteiger partial charge in [0.15, 0.2) is 5.65 Å². The summed E-state index contributed by atoms with van der Waals surface area (Å²) in [5.74, 6) is 0. The molecule has 0 saturated heterocycles. The van der Waals surface area contributed by atoms with Crippen molar-refractivity contribution in [3.05, 3.63) is 29.2 Å². The molecular formula is C14H22N4OS. The van der Waals surface area contributed by atoms with Gasteiger partial charge in [-0.25, -0.2) is 9.50 Å². The molecule has 0 amide bonds. The minimum Gasteiger partial charge on any atom is -0.309 e. The molecule has 1 N–H and O–H groups in total. The molecule has 0 fully saturated rings. The molecule has 0 aliphatic heterocycles. The minimum atomic E-state index is -0.803. The molecule has 2 aromatic rings. The fourth-order valence-corrected chi connectivity index (χ4v) is 2.50. The second-order valence-corrected chi connectivity index (χ2v) is 7.10. The average molecular weight is 294 g/mol. The number of fused-ring (bicyclic) bond motifs is 1. The molecule has 0 aromatic carbocycles. The van der Waals surface area contributed by atoms with Gasteiger partial charge in [0.2, 0.25) is 0 Å². The highest BCUT2D eigenvalue weighted by Crippen LogP contribution is 2.18. The summed E-state index contributed by atoms with van der Waals surface area (Å²) in [7, 11) is -0.803. The van der Waals surface area contributed by atoms with E-state index < -0.39 is 10.8 Å². The zero-order valence-corrected chi connectivity index (χ0v) is 13.5. The maximum Gasteiger partial charge on any atom is 0.155 e. The van der Waals surface area contributed by atoms with E-state index in [1.807, 2.05) is 30.6 Å². The fourth-order valence-electron chi connectivity index (χ4n) is 2.17. The number of nitrogens with zero attached hydrogens (tertiary/aromatic N) is 3. The SMILES string of the molecule is Cc1cc2ncc(C(C)NCC(C)S(C)=O)c(C)n2n1. The summed E-state index contributed by atoms with van der Waals surface area (Å²) in [6, 6.07) is 2.12. The Morgan fingerprint density at radius 3 is 2.75 bits per heavy atom. The van der Waals surface area contributed by atoms with E-state index in [2.05, 4.69) is 29.2 Å². The van der Waals surface area contributed by atoms with Crippen molar-refractivity contribution in [2.75, 3.05) is 12.8 Å². The summed E-state index contributed by atoms with van der Waals surface area (Å²) in [5.41, 5.74) is 4.05. The normalized spacial score (nSPS) is 16.2. The molecule has 2 rings (SSSR count). The lowest BCUT2D eigenvalue weighted by molar-refractivity contribution is 0.560. The Morgan fingerprint density at radius 2 is 2.10 bits per heavy atom. The molecule has 2 aromatic heterocycles. The van der Waals surface area contributed by atoms with Crippen molar-refractivity contribution < 1.29 is 4.21 Å². The Morgan fingerprint density at radius 1 is 1.40 bits per heavy atom. The van der Waals surface area contributed by atoms with Crippen molar-refractivity contribution in [3.63, 3.8) is 0 Å². The average Bonchev–Trinajstić information content (AvgIpc) is 2.77. The summed E-state index contributed by atoms with van der Waals surface area (Å²) < 4.78 is 13.3. The van der Waals surface area contributed by atoms with Gasteiger partial charge >= 0.3 is 0 Å². The van der Waals surface area contributed by atoms with Gasteiger partial charge in [-0.15, -0.1) is 0 Å². The van der Waals surface area contributed by atoms with Crippen LogP contribution >= 0.6 is 0 Å². The van der Waals surface area contributed by atoms with Crippen LogP contribution in [-0.2, 0) is 10.8 Å². The summed E-state index contributed by atoms with van der Waals surface area (Å²) in [5, 5.41) is 8.02. The summed E-state index contributed by atoms with van der Waals surface area (Å²) in [4.78, 5) is 4.45. The Labute approximate surface area is 122 Å². The molecule has 0 aliphatic rings. The van der Waals surface area contributed by atoms with E-state index in [0.717, 1.165) is 29.1 Å². The van der Waals surface area contributed by atoms with E-state index in [0.29, 0.717) is 0 Å². The molecule has 6 heteroatoms. The van der Waals surface area contributed by atoms with Gasteiger partial charge in [-0.3, -0.25) is 4.21 Å². The van der Waals surface area contributed by atoms with Crippen LogP contribution in [0.4, 0.5) is 0 Å². The van der Waals surface area contributed by atoms with Gasteiger partial charge in [0, 0.05) is 58.4 Å². The Bertz CT molecular complexity index is 637. The van der Waals surface area contributed by atoms with Crippen molar-refractivity contribution in [2.45, 2.75) is 39.0 Å². The molecular weight excluding hydrogens is 272 g/mol. The molecule has 2 heterocycles. The number of aryl methyl sites for hydroxylation is 2. The van der Waals surface area contributed by atoms with Crippen LogP contribution in [0.25, 0.3) is 5.65 Å². The predicted molar refractivity (Wildman–Crippen MR) is 82.4 cm³/mol. The van der Waals surface area contributed by atoms with E-state index >= 15 is 0 Å². The fraction of sp³-hybridized carbons (Fsp3) is 0.571. The molecule has 0 saturated carbocycles. The first-order valence-electron chi connectivity index (χ1n) is 6.77. The van der Waals surface area contributed by atoms with Crippen molar-refractivity contribution in [1.29, 1.82) is 0 Å². The van der Waals surface area contributed by atoms with Crippen molar-refractivity contribution in [2.24, 2.45) is 0 Å². The van der Waals surface area contributed by atoms with Gasteiger partial charge in [-0.1, -0.05) is 0 Å². The highest BCUT2D eigenvalue weighted by molar-refractivity contribution is 7.84. The standard InChI is InChI=1S/C14H22N4OS/c1-9-6-14-16-8-13(12(4)18(14)17-9)11(3)15-7-10(2)20(5)19/h6,8,10-11,15H,7H2,1-5H3. The molecule has 0 aliphatic carbocycles. The van der Waals surface area contributed by atoms with E-state index in [9.17, 15) is 4.21 Å². The number of nitrogens with one attached hydrogen (secondary N) is 1. The summed E-state index contributed by atoms with van der Waals surface area (Å²) in [6.45, 7) is 8.82. The third kappa shape index (κ3) is 3.07. The van der Waals surface area contributed by atoms with Gasteiger partial charge in [-0.05, 0) is 27.7 Å². The largest absolute Gasteiger partial charge is 0.309 e. The van der Waals surface area contributed by atoms with Gasteiger partial charge in [-0.2, -0.15) is 5.10 Å². The Balaban J connectivity index is 2.19. The zero-order valence-electron chi connectivity index (χ0n) is 12.7. The number of aromatic nitrogens is 3. The first kappa shape index (κ1) is 15.1. The van der Waals surface area contributed by atoms with Gasteiger partial charge < -0.3 is 5.32 Å². The van der Waals surface area contributed by atoms with Crippen LogP contribution in [0.5, 0.6) is 0 Å². The topological polar surface area (TPSA) is 59.3 Å². The first-order valence-corrected chi connectivity index (χ1v) is 8.39. The maximum absolute atomic E-state index is 11.4. The van der Waals surface area contributed by atoms with Crippen molar-refractivity contribution >= 4 is 16.4 Å².